The van der Waals surface area contributed by atoms with Gasteiger partial charge in [0.2, 0.25) is 5.91 Å². The predicted octanol–water partition coefficient (Wildman–Crippen LogP) is 2.92. The summed E-state index contributed by atoms with van der Waals surface area (Å²) in [5.41, 5.74) is 5.82. The third kappa shape index (κ3) is 3.71. The summed E-state index contributed by atoms with van der Waals surface area (Å²) in [5.74, 6) is 0.741. The smallest absolute Gasteiger partial charge is 0.223 e. The molecule has 1 saturated heterocycles. The molecule has 0 aromatic carbocycles. The van der Waals surface area contributed by atoms with Crippen molar-refractivity contribution in [2.75, 3.05) is 13.1 Å². The van der Waals surface area contributed by atoms with Crippen LogP contribution in [0.5, 0.6) is 0 Å². The zero-order valence-corrected chi connectivity index (χ0v) is 12.8. The van der Waals surface area contributed by atoms with E-state index in [-0.39, 0.29) is 11.9 Å². The number of hydrogen-bond acceptors (Lipinski definition) is 3. The van der Waals surface area contributed by atoms with Gasteiger partial charge in [0.05, 0.1) is 4.34 Å². The Labute approximate surface area is 123 Å². The van der Waals surface area contributed by atoms with Gasteiger partial charge in [-0.3, -0.25) is 4.79 Å². The number of hydrogen-bond donors (Lipinski definition) is 1. The van der Waals surface area contributed by atoms with Gasteiger partial charge in [-0.15, -0.1) is 11.3 Å². The molecule has 1 aromatic heterocycles. The Balaban J connectivity index is 1.91. The lowest BCUT2D eigenvalue weighted by Crippen LogP contribution is -2.51. The van der Waals surface area contributed by atoms with Crippen molar-refractivity contribution in [1.29, 1.82) is 0 Å². The second-order valence-corrected chi connectivity index (χ2v) is 7.02. The first-order valence-corrected chi connectivity index (χ1v) is 8.05. The predicted molar refractivity (Wildman–Crippen MR) is 80.6 cm³/mol. The lowest BCUT2D eigenvalue weighted by molar-refractivity contribution is -0.136. The molecule has 2 N–H and O–H groups in total. The van der Waals surface area contributed by atoms with E-state index in [9.17, 15) is 4.79 Å². The van der Waals surface area contributed by atoms with Gasteiger partial charge in [0.25, 0.3) is 0 Å². The summed E-state index contributed by atoms with van der Waals surface area (Å²) >= 11 is 7.45. The third-order valence-electron chi connectivity index (χ3n) is 3.89. The van der Waals surface area contributed by atoms with E-state index >= 15 is 0 Å². The molecule has 5 heteroatoms. The molecule has 1 aliphatic rings. The minimum absolute atomic E-state index is 0.216. The van der Waals surface area contributed by atoms with Crippen molar-refractivity contribution >= 4 is 28.8 Å². The highest BCUT2D eigenvalue weighted by atomic mass is 35.5. The molecule has 2 atom stereocenters. The minimum atomic E-state index is 0.216. The fourth-order valence-electron chi connectivity index (χ4n) is 2.78. The molecule has 19 heavy (non-hydrogen) atoms. The number of piperidine rings is 1. The average Bonchev–Trinajstić information content (AvgIpc) is 2.81. The Morgan fingerprint density at radius 3 is 3.00 bits per heavy atom. The van der Waals surface area contributed by atoms with Gasteiger partial charge >= 0.3 is 0 Å². The molecule has 3 nitrogen and oxygen atoms in total. The molecule has 1 fully saturated rings. The molecule has 0 spiro atoms. The van der Waals surface area contributed by atoms with E-state index < -0.39 is 0 Å². The maximum Gasteiger partial charge on any atom is 0.223 e. The van der Waals surface area contributed by atoms with Crippen molar-refractivity contribution < 1.29 is 4.79 Å². The van der Waals surface area contributed by atoms with Crippen LogP contribution in [0.3, 0.4) is 0 Å². The zero-order valence-electron chi connectivity index (χ0n) is 11.3. The summed E-state index contributed by atoms with van der Waals surface area (Å²) in [6, 6.07) is 4.10. The van der Waals surface area contributed by atoms with E-state index in [0.29, 0.717) is 18.9 Å². The lowest BCUT2D eigenvalue weighted by atomic mass is 9.90. The number of nitrogens with zero attached hydrogens (tertiary/aromatic N) is 1. The number of halogens is 1. The fourth-order valence-corrected chi connectivity index (χ4v) is 3.87. The van der Waals surface area contributed by atoms with Crippen molar-refractivity contribution in [3.8, 4) is 0 Å². The van der Waals surface area contributed by atoms with Crippen molar-refractivity contribution in [2.45, 2.75) is 38.6 Å². The first-order chi connectivity index (χ1) is 9.11. The molecule has 0 aliphatic carbocycles. The highest BCUT2D eigenvalue weighted by molar-refractivity contribution is 7.16. The van der Waals surface area contributed by atoms with Crippen LogP contribution in [-0.4, -0.2) is 29.9 Å². The molecule has 2 heterocycles. The summed E-state index contributed by atoms with van der Waals surface area (Å²) in [5, 5.41) is 0. The van der Waals surface area contributed by atoms with Gasteiger partial charge in [0.1, 0.15) is 0 Å². The van der Waals surface area contributed by atoms with Crippen LogP contribution in [0.4, 0.5) is 0 Å². The second kappa shape index (κ2) is 6.73. The Morgan fingerprint density at radius 1 is 1.58 bits per heavy atom. The number of thiophene rings is 1. The Kier molecular flexibility index (Phi) is 5.25. The number of nitrogens with two attached hydrogens (primary N) is 1. The Morgan fingerprint density at radius 2 is 2.37 bits per heavy atom. The molecule has 106 valence electrons. The molecule has 1 aromatic rings. The first kappa shape index (κ1) is 14.8. The third-order valence-corrected chi connectivity index (χ3v) is 5.18. The van der Waals surface area contributed by atoms with Crippen molar-refractivity contribution in [2.24, 2.45) is 11.7 Å². The topological polar surface area (TPSA) is 46.3 Å². The van der Waals surface area contributed by atoms with Crippen LogP contribution < -0.4 is 5.73 Å². The summed E-state index contributed by atoms with van der Waals surface area (Å²) in [6.45, 7) is 3.62. The number of carbonyl (C=O) groups excluding carboxylic acids is 1. The van der Waals surface area contributed by atoms with Crippen LogP contribution in [0.2, 0.25) is 4.34 Å². The quantitative estimate of drug-likeness (QED) is 0.929. The SMILES string of the molecule is C[C@H]1CCCN(C(=O)CCc2ccc(Cl)s2)[C@H]1CN. The lowest BCUT2D eigenvalue weighted by Gasteiger charge is -2.39. The van der Waals surface area contributed by atoms with Crippen LogP contribution >= 0.6 is 22.9 Å². The Bertz CT molecular complexity index is 435. The van der Waals surface area contributed by atoms with Gasteiger partial charge in [-0.25, -0.2) is 0 Å². The van der Waals surface area contributed by atoms with E-state index in [1.807, 2.05) is 17.0 Å². The van der Waals surface area contributed by atoms with Gasteiger partial charge in [-0.2, -0.15) is 0 Å². The van der Waals surface area contributed by atoms with Crippen LogP contribution in [0.15, 0.2) is 12.1 Å². The summed E-state index contributed by atoms with van der Waals surface area (Å²) in [4.78, 5) is 15.5. The van der Waals surface area contributed by atoms with Gasteiger partial charge < -0.3 is 10.6 Å². The standard InChI is InChI=1S/C14H21ClN2OS/c1-10-3-2-8-17(12(10)9-16)14(18)7-5-11-4-6-13(15)19-11/h4,6,10,12H,2-3,5,7-9,16H2,1H3/t10-,12-/m0/s1. The normalized spacial score (nSPS) is 23.6. The molecule has 1 aliphatic heterocycles. The van der Waals surface area contributed by atoms with Gasteiger partial charge in [0, 0.05) is 30.4 Å². The molecule has 2 rings (SSSR count). The zero-order chi connectivity index (χ0) is 13.8. The largest absolute Gasteiger partial charge is 0.338 e. The van der Waals surface area contributed by atoms with E-state index in [1.165, 1.54) is 11.3 Å². The van der Waals surface area contributed by atoms with Crippen LogP contribution in [0, 0.1) is 5.92 Å². The summed E-state index contributed by atoms with van der Waals surface area (Å²) in [6.07, 6.45) is 3.60. The van der Waals surface area contributed by atoms with E-state index in [0.717, 1.165) is 23.7 Å². The van der Waals surface area contributed by atoms with E-state index in [4.69, 9.17) is 17.3 Å². The monoisotopic (exact) mass is 300 g/mol. The van der Waals surface area contributed by atoms with E-state index in [2.05, 4.69) is 6.92 Å². The number of amides is 1. The molecule has 0 bridgehead atoms. The summed E-state index contributed by atoms with van der Waals surface area (Å²) < 4.78 is 0.786. The number of carbonyl (C=O) groups is 1. The number of likely N-dealkylation sites (tertiary alicyclic amines) is 1. The molecule has 0 radical (unpaired) electrons. The van der Waals surface area contributed by atoms with Crippen molar-refractivity contribution in [3.63, 3.8) is 0 Å². The molecule has 0 unspecified atom stereocenters. The maximum absolute atomic E-state index is 12.3. The Hall–Kier alpha value is -0.580. The van der Waals surface area contributed by atoms with E-state index in [1.54, 1.807) is 11.3 Å². The van der Waals surface area contributed by atoms with Crippen molar-refractivity contribution in [1.82, 2.24) is 4.90 Å². The average molecular weight is 301 g/mol. The minimum Gasteiger partial charge on any atom is -0.338 e. The second-order valence-electron chi connectivity index (χ2n) is 5.22. The van der Waals surface area contributed by atoms with Crippen LogP contribution in [0.1, 0.15) is 31.1 Å². The van der Waals surface area contributed by atoms with Gasteiger partial charge in [-0.1, -0.05) is 18.5 Å². The fraction of sp³-hybridized carbons (Fsp3) is 0.643. The highest BCUT2D eigenvalue weighted by Gasteiger charge is 2.30. The maximum atomic E-state index is 12.3. The van der Waals surface area contributed by atoms with Gasteiger partial charge in [0.15, 0.2) is 0 Å². The molecular formula is C14H21ClN2OS. The summed E-state index contributed by atoms with van der Waals surface area (Å²) in [7, 11) is 0. The number of aryl methyl sites for hydroxylation is 1. The molecule has 0 saturated carbocycles. The highest BCUT2D eigenvalue weighted by Crippen LogP contribution is 2.25. The van der Waals surface area contributed by atoms with Crippen molar-refractivity contribution in [3.05, 3.63) is 21.3 Å². The van der Waals surface area contributed by atoms with Crippen LogP contribution in [0.25, 0.3) is 0 Å². The van der Waals surface area contributed by atoms with Gasteiger partial charge in [-0.05, 0) is 37.3 Å². The molecule has 1 amide bonds. The molecular weight excluding hydrogens is 280 g/mol. The number of rotatable bonds is 4. The first-order valence-electron chi connectivity index (χ1n) is 6.85. The van der Waals surface area contributed by atoms with Crippen LogP contribution in [-0.2, 0) is 11.2 Å².